The number of furan rings is 1. The molecule has 2 aromatic rings. The van der Waals surface area contributed by atoms with Gasteiger partial charge in [0.1, 0.15) is 5.82 Å². The second-order valence-electron chi connectivity index (χ2n) is 3.61. The SMILES string of the molecule is NC(Cc1ccoc1)c1ccc(Cl)cc1F. The minimum atomic E-state index is -0.394. The molecule has 0 aliphatic heterocycles. The van der Waals surface area contributed by atoms with E-state index in [2.05, 4.69) is 0 Å². The van der Waals surface area contributed by atoms with Crippen molar-refractivity contribution in [2.75, 3.05) is 0 Å². The van der Waals surface area contributed by atoms with Gasteiger partial charge >= 0.3 is 0 Å². The van der Waals surface area contributed by atoms with Crippen LogP contribution in [0.3, 0.4) is 0 Å². The number of nitrogens with two attached hydrogens (primary N) is 1. The van der Waals surface area contributed by atoms with E-state index in [1.54, 1.807) is 24.7 Å². The van der Waals surface area contributed by atoms with Crippen molar-refractivity contribution < 1.29 is 8.81 Å². The van der Waals surface area contributed by atoms with Gasteiger partial charge in [0.2, 0.25) is 0 Å². The molecule has 0 spiro atoms. The number of halogens is 2. The van der Waals surface area contributed by atoms with E-state index in [4.69, 9.17) is 21.8 Å². The van der Waals surface area contributed by atoms with E-state index in [1.807, 2.05) is 6.07 Å². The number of rotatable bonds is 3. The standard InChI is InChI=1S/C12H11ClFNO/c13-9-1-2-10(11(14)6-9)12(15)5-8-3-4-16-7-8/h1-4,6-7,12H,5,15H2. The molecule has 0 aliphatic rings. The summed E-state index contributed by atoms with van der Waals surface area (Å²) in [5.41, 5.74) is 7.32. The van der Waals surface area contributed by atoms with Crippen LogP contribution in [0.2, 0.25) is 5.02 Å². The molecule has 1 unspecified atom stereocenters. The Hall–Kier alpha value is -1.32. The van der Waals surface area contributed by atoms with Crippen LogP contribution in [0.5, 0.6) is 0 Å². The van der Waals surface area contributed by atoms with Crippen LogP contribution in [0.4, 0.5) is 4.39 Å². The van der Waals surface area contributed by atoms with Crippen LogP contribution in [-0.4, -0.2) is 0 Å². The minimum Gasteiger partial charge on any atom is -0.472 e. The van der Waals surface area contributed by atoms with Crippen molar-refractivity contribution >= 4 is 11.6 Å². The van der Waals surface area contributed by atoms with Gasteiger partial charge < -0.3 is 10.2 Å². The maximum absolute atomic E-state index is 13.5. The molecular weight excluding hydrogens is 229 g/mol. The van der Waals surface area contributed by atoms with Gasteiger partial charge in [0.05, 0.1) is 12.5 Å². The molecule has 1 heterocycles. The van der Waals surface area contributed by atoms with Crippen LogP contribution in [-0.2, 0) is 6.42 Å². The van der Waals surface area contributed by atoms with Gasteiger partial charge in [0.25, 0.3) is 0 Å². The molecule has 2 N–H and O–H groups in total. The summed E-state index contributed by atoms with van der Waals surface area (Å²) >= 11 is 5.67. The molecule has 0 bridgehead atoms. The lowest BCUT2D eigenvalue weighted by molar-refractivity contribution is 0.556. The summed E-state index contributed by atoms with van der Waals surface area (Å²) in [4.78, 5) is 0. The van der Waals surface area contributed by atoms with E-state index in [9.17, 15) is 4.39 Å². The van der Waals surface area contributed by atoms with Gasteiger partial charge in [-0.1, -0.05) is 17.7 Å². The maximum atomic E-state index is 13.5. The largest absolute Gasteiger partial charge is 0.472 e. The highest BCUT2D eigenvalue weighted by atomic mass is 35.5. The van der Waals surface area contributed by atoms with E-state index < -0.39 is 6.04 Å². The lowest BCUT2D eigenvalue weighted by Gasteiger charge is -2.11. The van der Waals surface area contributed by atoms with Gasteiger partial charge in [0, 0.05) is 16.6 Å². The van der Waals surface area contributed by atoms with E-state index in [0.29, 0.717) is 17.0 Å². The number of hydrogen-bond donors (Lipinski definition) is 1. The summed E-state index contributed by atoms with van der Waals surface area (Å²) in [6.45, 7) is 0. The molecule has 2 rings (SSSR count). The van der Waals surface area contributed by atoms with Crippen molar-refractivity contribution in [3.63, 3.8) is 0 Å². The van der Waals surface area contributed by atoms with Crippen molar-refractivity contribution in [3.05, 3.63) is 58.8 Å². The third kappa shape index (κ3) is 2.43. The zero-order valence-electron chi connectivity index (χ0n) is 8.49. The van der Waals surface area contributed by atoms with Gasteiger partial charge in [-0.05, 0) is 30.2 Å². The van der Waals surface area contributed by atoms with Crippen LogP contribution in [0.25, 0.3) is 0 Å². The molecule has 1 atom stereocenters. The summed E-state index contributed by atoms with van der Waals surface area (Å²) in [6.07, 6.45) is 3.71. The van der Waals surface area contributed by atoms with Crippen molar-refractivity contribution in [1.82, 2.24) is 0 Å². The topological polar surface area (TPSA) is 39.2 Å². The number of hydrogen-bond acceptors (Lipinski definition) is 2. The molecule has 4 heteroatoms. The molecule has 0 saturated carbocycles. The lowest BCUT2D eigenvalue weighted by Crippen LogP contribution is -2.14. The second-order valence-corrected chi connectivity index (χ2v) is 4.04. The minimum absolute atomic E-state index is 0.372. The molecule has 0 saturated heterocycles. The Bertz CT molecular complexity index is 470. The monoisotopic (exact) mass is 239 g/mol. The lowest BCUT2D eigenvalue weighted by atomic mass is 10.0. The first-order valence-electron chi connectivity index (χ1n) is 4.88. The van der Waals surface area contributed by atoms with E-state index in [1.165, 1.54) is 6.07 Å². The van der Waals surface area contributed by atoms with E-state index >= 15 is 0 Å². The summed E-state index contributed by atoms with van der Waals surface area (Å²) < 4.78 is 18.5. The Labute approximate surface area is 97.8 Å². The van der Waals surface area contributed by atoms with Gasteiger partial charge in [-0.15, -0.1) is 0 Å². The molecule has 0 fully saturated rings. The highest BCUT2D eigenvalue weighted by Crippen LogP contribution is 2.22. The molecule has 0 aliphatic carbocycles. The van der Waals surface area contributed by atoms with Crippen LogP contribution in [0.15, 0.2) is 41.2 Å². The third-order valence-electron chi connectivity index (χ3n) is 2.40. The second kappa shape index (κ2) is 4.68. The average molecular weight is 240 g/mol. The summed E-state index contributed by atoms with van der Waals surface area (Å²) in [7, 11) is 0. The van der Waals surface area contributed by atoms with Crippen molar-refractivity contribution in [1.29, 1.82) is 0 Å². The molecule has 0 radical (unpaired) electrons. The normalized spacial score (nSPS) is 12.7. The van der Waals surface area contributed by atoms with Gasteiger partial charge in [-0.25, -0.2) is 4.39 Å². The predicted molar refractivity (Wildman–Crippen MR) is 60.8 cm³/mol. The number of benzene rings is 1. The zero-order chi connectivity index (χ0) is 11.5. The van der Waals surface area contributed by atoms with Crippen molar-refractivity contribution in [2.45, 2.75) is 12.5 Å². The Morgan fingerprint density at radius 2 is 2.19 bits per heavy atom. The fourth-order valence-corrected chi connectivity index (χ4v) is 1.73. The molecule has 1 aromatic heterocycles. The van der Waals surface area contributed by atoms with Crippen molar-refractivity contribution in [3.8, 4) is 0 Å². The van der Waals surface area contributed by atoms with Gasteiger partial charge in [0.15, 0.2) is 0 Å². The van der Waals surface area contributed by atoms with Crippen molar-refractivity contribution in [2.24, 2.45) is 5.73 Å². The van der Waals surface area contributed by atoms with Crippen LogP contribution in [0.1, 0.15) is 17.2 Å². The molecule has 0 amide bonds. The molecule has 16 heavy (non-hydrogen) atoms. The maximum Gasteiger partial charge on any atom is 0.129 e. The smallest absolute Gasteiger partial charge is 0.129 e. The first-order valence-corrected chi connectivity index (χ1v) is 5.26. The quantitative estimate of drug-likeness (QED) is 0.893. The molecular formula is C12H11ClFNO. The Morgan fingerprint density at radius 1 is 1.38 bits per heavy atom. The fourth-order valence-electron chi connectivity index (χ4n) is 1.57. The molecule has 1 aromatic carbocycles. The summed E-state index contributed by atoms with van der Waals surface area (Å²) in [5.74, 6) is -0.372. The first kappa shape index (κ1) is 11.2. The average Bonchev–Trinajstić information content (AvgIpc) is 2.70. The third-order valence-corrected chi connectivity index (χ3v) is 2.63. The predicted octanol–water partition coefficient (Wildman–Crippen LogP) is 3.31. The first-order chi connectivity index (χ1) is 7.66. The van der Waals surface area contributed by atoms with Crippen LogP contribution >= 0.6 is 11.6 Å². The van der Waals surface area contributed by atoms with Crippen LogP contribution in [0, 0.1) is 5.82 Å². The molecule has 84 valence electrons. The fraction of sp³-hybridized carbons (Fsp3) is 0.167. The van der Waals surface area contributed by atoms with Gasteiger partial charge in [-0.2, -0.15) is 0 Å². The van der Waals surface area contributed by atoms with Gasteiger partial charge in [-0.3, -0.25) is 0 Å². The Balaban J connectivity index is 2.17. The zero-order valence-corrected chi connectivity index (χ0v) is 9.25. The van der Waals surface area contributed by atoms with E-state index in [-0.39, 0.29) is 5.82 Å². The summed E-state index contributed by atoms with van der Waals surface area (Å²) in [5, 5.41) is 0.372. The Kier molecular flexibility index (Phi) is 3.27. The Morgan fingerprint density at radius 3 is 2.81 bits per heavy atom. The van der Waals surface area contributed by atoms with Crippen LogP contribution < -0.4 is 5.73 Å². The highest BCUT2D eigenvalue weighted by Gasteiger charge is 2.12. The van der Waals surface area contributed by atoms with E-state index in [0.717, 1.165) is 5.56 Å². The summed E-state index contributed by atoms with van der Waals surface area (Å²) in [6, 6.07) is 5.94. The molecule has 2 nitrogen and oxygen atoms in total. The highest BCUT2D eigenvalue weighted by molar-refractivity contribution is 6.30.